The first kappa shape index (κ1) is 17.4. The fourth-order valence-electron chi connectivity index (χ4n) is 2.34. The Morgan fingerprint density at radius 3 is 2.68 bits per heavy atom. The summed E-state index contributed by atoms with van der Waals surface area (Å²) in [7, 11) is 1.34. The third kappa shape index (κ3) is 3.98. The Bertz CT molecular complexity index is 894. The molecule has 0 bridgehead atoms. The summed E-state index contributed by atoms with van der Waals surface area (Å²) in [6.45, 7) is 0. The Kier molecular flexibility index (Phi) is 5.32. The average Bonchev–Trinajstić information content (AvgIpc) is 3.09. The van der Waals surface area contributed by atoms with Crippen molar-refractivity contribution in [2.45, 2.75) is 4.43 Å². The van der Waals surface area contributed by atoms with Crippen LogP contribution < -0.4 is 4.74 Å². The number of carbonyl (C=O) groups excluding carboxylic acids is 1. The van der Waals surface area contributed by atoms with Crippen LogP contribution in [0.4, 0.5) is 4.39 Å². The zero-order valence-electron chi connectivity index (χ0n) is 13.3. The van der Waals surface area contributed by atoms with Crippen LogP contribution in [0.5, 0.6) is 11.5 Å². The maximum absolute atomic E-state index is 13.1. The van der Waals surface area contributed by atoms with Crippen molar-refractivity contribution >= 4 is 28.6 Å². The Balaban J connectivity index is 1.94. The van der Waals surface area contributed by atoms with Crippen LogP contribution in [0.25, 0.3) is 11.3 Å². The minimum atomic E-state index is -0.428. The lowest BCUT2D eigenvalue weighted by molar-refractivity contribution is 0.0600. The second-order valence-electron chi connectivity index (χ2n) is 5.21. The molecule has 3 aromatic rings. The minimum Gasteiger partial charge on any atom is -0.465 e. The van der Waals surface area contributed by atoms with Gasteiger partial charge in [-0.3, -0.25) is 5.10 Å². The number of H-pyrrole nitrogens is 1. The lowest BCUT2D eigenvalue weighted by atomic mass is 10.1. The summed E-state index contributed by atoms with van der Waals surface area (Å²) in [6.07, 6.45) is 1.53. The monoisotopic (exact) mass is 452 g/mol. The summed E-state index contributed by atoms with van der Waals surface area (Å²) in [5.74, 6) is 0.234. The molecule has 1 heterocycles. The van der Waals surface area contributed by atoms with E-state index in [0.717, 1.165) is 15.6 Å². The van der Waals surface area contributed by atoms with Gasteiger partial charge in [-0.05, 0) is 48.0 Å². The molecule has 0 unspecified atom stereocenters. The molecular weight excluding hydrogens is 438 g/mol. The Morgan fingerprint density at radius 2 is 2.00 bits per heavy atom. The number of halogens is 2. The summed E-state index contributed by atoms with van der Waals surface area (Å²) in [5.41, 5.74) is 2.72. The van der Waals surface area contributed by atoms with Gasteiger partial charge >= 0.3 is 5.97 Å². The molecule has 128 valence electrons. The zero-order valence-corrected chi connectivity index (χ0v) is 15.4. The number of nitrogens with zero attached hydrogens (tertiary/aromatic N) is 1. The largest absolute Gasteiger partial charge is 0.465 e. The van der Waals surface area contributed by atoms with Gasteiger partial charge in [0.2, 0.25) is 0 Å². The molecule has 3 rings (SSSR count). The quantitative estimate of drug-likeness (QED) is 0.346. The molecule has 1 N–H and O–H groups in total. The lowest BCUT2D eigenvalue weighted by Crippen LogP contribution is -2.02. The molecule has 0 spiro atoms. The van der Waals surface area contributed by atoms with Gasteiger partial charge in [0.25, 0.3) is 0 Å². The smallest absolute Gasteiger partial charge is 0.337 e. The van der Waals surface area contributed by atoms with Crippen LogP contribution in [0.15, 0.2) is 48.7 Å². The van der Waals surface area contributed by atoms with Crippen molar-refractivity contribution in [2.75, 3.05) is 7.11 Å². The second kappa shape index (κ2) is 7.64. The standard InChI is InChI=1S/C18H14FIN2O3/c1-24-18(23)13-6-11(9-20)7-15(8-13)25-16-10-21-22-17(16)12-2-4-14(19)5-3-12/h2-8,10H,9H2,1H3,(H,21,22). The highest BCUT2D eigenvalue weighted by Crippen LogP contribution is 2.32. The summed E-state index contributed by atoms with van der Waals surface area (Å²) < 4.78 is 24.5. The number of aromatic nitrogens is 2. The van der Waals surface area contributed by atoms with Gasteiger partial charge in [0.05, 0.1) is 18.9 Å². The van der Waals surface area contributed by atoms with Crippen molar-refractivity contribution < 1.29 is 18.7 Å². The summed E-state index contributed by atoms with van der Waals surface area (Å²) >= 11 is 2.21. The van der Waals surface area contributed by atoms with Crippen molar-refractivity contribution in [3.05, 3.63) is 65.6 Å². The fraction of sp³-hybridized carbons (Fsp3) is 0.111. The van der Waals surface area contributed by atoms with Gasteiger partial charge in [0.15, 0.2) is 5.75 Å². The molecule has 2 aromatic carbocycles. The molecule has 25 heavy (non-hydrogen) atoms. The molecule has 0 saturated heterocycles. The van der Waals surface area contributed by atoms with Gasteiger partial charge in [-0.2, -0.15) is 5.10 Å². The van der Waals surface area contributed by atoms with Crippen LogP contribution in [-0.4, -0.2) is 23.3 Å². The molecule has 0 amide bonds. The maximum atomic E-state index is 13.1. The average molecular weight is 452 g/mol. The van der Waals surface area contributed by atoms with E-state index in [9.17, 15) is 9.18 Å². The summed E-state index contributed by atoms with van der Waals surface area (Å²) in [6, 6.07) is 11.2. The van der Waals surface area contributed by atoms with E-state index in [2.05, 4.69) is 32.8 Å². The van der Waals surface area contributed by atoms with Crippen LogP contribution in [0, 0.1) is 5.82 Å². The Hall–Kier alpha value is -2.42. The van der Waals surface area contributed by atoms with Gasteiger partial charge in [-0.1, -0.05) is 22.6 Å². The van der Waals surface area contributed by atoms with Crippen molar-refractivity contribution in [2.24, 2.45) is 0 Å². The van der Waals surface area contributed by atoms with E-state index in [1.54, 1.807) is 24.3 Å². The van der Waals surface area contributed by atoms with Gasteiger partial charge in [0, 0.05) is 9.99 Å². The number of rotatable bonds is 5. The molecule has 0 saturated carbocycles. The number of alkyl halides is 1. The maximum Gasteiger partial charge on any atom is 0.337 e. The van der Waals surface area contributed by atoms with Gasteiger partial charge in [-0.15, -0.1) is 0 Å². The molecule has 0 radical (unpaired) electrons. The topological polar surface area (TPSA) is 64.2 Å². The van der Waals surface area contributed by atoms with Gasteiger partial charge < -0.3 is 9.47 Å². The highest BCUT2D eigenvalue weighted by Gasteiger charge is 2.13. The van der Waals surface area contributed by atoms with E-state index in [1.807, 2.05) is 6.07 Å². The van der Waals surface area contributed by atoms with E-state index in [1.165, 1.54) is 25.4 Å². The first-order chi connectivity index (χ1) is 12.1. The first-order valence-electron chi connectivity index (χ1n) is 7.36. The number of aromatic amines is 1. The Labute approximate surface area is 157 Å². The molecule has 0 atom stereocenters. The predicted octanol–water partition coefficient (Wildman–Crippen LogP) is 4.73. The van der Waals surface area contributed by atoms with Crippen LogP contribution in [0.2, 0.25) is 0 Å². The van der Waals surface area contributed by atoms with Gasteiger partial charge in [0.1, 0.15) is 17.3 Å². The van der Waals surface area contributed by atoms with Crippen molar-refractivity contribution in [3.63, 3.8) is 0 Å². The van der Waals surface area contributed by atoms with Crippen LogP contribution in [0.3, 0.4) is 0 Å². The third-order valence-electron chi connectivity index (χ3n) is 3.51. The summed E-state index contributed by atoms with van der Waals surface area (Å²) in [5, 5.41) is 6.84. The number of benzene rings is 2. The van der Waals surface area contributed by atoms with E-state index in [4.69, 9.17) is 9.47 Å². The number of methoxy groups -OCH3 is 1. The highest BCUT2D eigenvalue weighted by atomic mass is 127. The molecule has 7 heteroatoms. The molecule has 5 nitrogen and oxygen atoms in total. The van der Waals surface area contributed by atoms with Crippen molar-refractivity contribution in [1.82, 2.24) is 10.2 Å². The molecule has 0 aliphatic carbocycles. The van der Waals surface area contributed by atoms with Crippen LogP contribution >= 0.6 is 22.6 Å². The number of nitrogens with one attached hydrogen (secondary N) is 1. The number of hydrogen-bond donors (Lipinski definition) is 1. The molecule has 0 fully saturated rings. The second-order valence-corrected chi connectivity index (χ2v) is 5.97. The Morgan fingerprint density at radius 1 is 1.24 bits per heavy atom. The summed E-state index contributed by atoms with van der Waals surface area (Å²) in [4.78, 5) is 11.8. The van der Waals surface area contributed by atoms with E-state index >= 15 is 0 Å². The number of esters is 1. The predicted molar refractivity (Wildman–Crippen MR) is 99.6 cm³/mol. The molecule has 1 aromatic heterocycles. The first-order valence-corrected chi connectivity index (χ1v) is 8.88. The van der Waals surface area contributed by atoms with Crippen LogP contribution in [0.1, 0.15) is 15.9 Å². The molecule has 0 aliphatic heterocycles. The van der Waals surface area contributed by atoms with Gasteiger partial charge in [-0.25, -0.2) is 9.18 Å². The minimum absolute atomic E-state index is 0.316. The molecule has 0 aliphatic rings. The van der Waals surface area contributed by atoms with Crippen LogP contribution in [-0.2, 0) is 9.16 Å². The highest BCUT2D eigenvalue weighted by molar-refractivity contribution is 14.1. The normalized spacial score (nSPS) is 10.5. The van der Waals surface area contributed by atoms with E-state index in [0.29, 0.717) is 22.8 Å². The van der Waals surface area contributed by atoms with E-state index < -0.39 is 5.97 Å². The fourth-order valence-corrected chi connectivity index (χ4v) is 2.78. The number of hydrogen-bond acceptors (Lipinski definition) is 4. The molecular formula is C18H14FIN2O3. The zero-order chi connectivity index (χ0) is 17.8. The third-order valence-corrected chi connectivity index (χ3v) is 4.39. The number of ether oxygens (including phenoxy) is 2. The number of carbonyl (C=O) groups is 1. The SMILES string of the molecule is COC(=O)c1cc(CI)cc(Oc2cn[nH]c2-c2ccc(F)cc2)c1. The van der Waals surface area contributed by atoms with Crippen molar-refractivity contribution in [3.8, 4) is 22.8 Å². The van der Waals surface area contributed by atoms with E-state index in [-0.39, 0.29) is 5.82 Å². The lowest BCUT2D eigenvalue weighted by Gasteiger charge is -2.10. The van der Waals surface area contributed by atoms with Crippen molar-refractivity contribution in [1.29, 1.82) is 0 Å².